The van der Waals surface area contributed by atoms with Crippen molar-refractivity contribution < 1.29 is 19.3 Å². The molecular weight excluding hydrogens is 321 g/mol. The van der Waals surface area contributed by atoms with E-state index in [1.165, 1.54) is 19.2 Å². The minimum absolute atomic E-state index is 0.154. The number of aliphatic hydroxyl groups is 1. The fraction of sp³-hybridized carbons (Fsp3) is 0.400. The molecule has 2 aromatic carbocycles. The highest BCUT2D eigenvalue weighted by atomic mass is 19.1. The van der Waals surface area contributed by atoms with Crippen LogP contribution in [0.3, 0.4) is 0 Å². The van der Waals surface area contributed by atoms with Crippen LogP contribution in [0.25, 0.3) is 0 Å². The van der Waals surface area contributed by atoms with Crippen LogP contribution in [0.5, 0.6) is 11.5 Å². The van der Waals surface area contributed by atoms with Gasteiger partial charge in [0.05, 0.1) is 13.2 Å². The van der Waals surface area contributed by atoms with Gasteiger partial charge in [0.1, 0.15) is 5.82 Å². The van der Waals surface area contributed by atoms with Gasteiger partial charge in [-0.05, 0) is 67.2 Å². The van der Waals surface area contributed by atoms with E-state index in [4.69, 9.17) is 4.74 Å². The van der Waals surface area contributed by atoms with E-state index < -0.39 is 6.10 Å². The third-order valence-electron chi connectivity index (χ3n) is 4.94. The van der Waals surface area contributed by atoms with E-state index in [-0.39, 0.29) is 17.5 Å². The number of likely N-dealkylation sites (tertiary alicyclic amines) is 1. The van der Waals surface area contributed by atoms with E-state index in [1.54, 1.807) is 24.3 Å². The third kappa shape index (κ3) is 4.30. The Balaban J connectivity index is 1.54. The third-order valence-corrected chi connectivity index (χ3v) is 4.94. The van der Waals surface area contributed by atoms with Crippen LogP contribution in [-0.2, 0) is 6.54 Å². The second-order valence-electron chi connectivity index (χ2n) is 6.62. The molecular formula is C20H24FNO3. The molecule has 1 heterocycles. The highest BCUT2D eigenvalue weighted by Gasteiger charge is 2.26. The Labute approximate surface area is 147 Å². The van der Waals surface area contributed by atoms with Crippen LogP contribution in [-0.4, -0.2) is 35.3 Å². The first kappa shape index (κ1) is 17.7. The summed E-state index contributed by atoms with van der Waals surface area (Å²) in [7, 11) is 1.53. The number of ether oxygens (including phenoxy) is 1. The number of rotatable bonds is 5. The molecule has 3 rings (SSSR count). The zero-order chi connectivity index (χ0) is 17.8. The second-order valence-corrected chi connectivity index (χ2v) is 6.62. The maximum Gasteiger partial charge on any atom is 0.160 e. The van der Waals surface area contributed by atoms with Crippen LogP contribution in [0.2, 0.25) is 0 Å². The van der Waals surface area contributed by atoms with E-state index in [1.807, 2.05) is 6.07 Å². The molecule has 0 saturated carbocycles. The molecule has 0 aliphatic carbocycles. The molecule has 25 heavy (non-hydrogen) atoms. The molecule has 1 saturated heterocycles. The molecule has 1 fully saturated rings. The second kappa shape index (κ2) is 7.85. The van der Waals surface area contributed by atoms with Crippen molar-refractivity contribution in [3.63, 3.8) is 0 Å². The van der Waals surface area contributed by atoms with Gasteiger partial charge in [0.2, 0.25) is 0 Å². The lowest BCUT2D eigenvalue weighted by molar-refractivity contribution is 0.0567. The van der Waals surface area contributed by atoms with Gasteiger partial charge in [-0.1, -0.05) is 18.2 Å². The van der Waals surface area contributed by atoms with Crippen molar-refractivity contribution in [2.75, 3.05) is 20.2 Å². The van der Waals surface area contributed by atoms with Crippen molar-refractivity contribution >= 4 is 0 Å². The standard InChI is InChI=1S/C20H24FNO3/c1-25-19-7-2-14(12-18(19)23)13-22-10-8-16(9-11-22)20(24)15-3-5-17(21)6-4-15/h2-7,12,16,20,23-24H,8-11,13H2,1H3. The predicted molar refractivity (Wildman–Crippen MR) is 94.0 cm³/mol. The van der Waals surface area contributed by atoms with Crippen LogP contribution in [0.4, 0.5) is 4.39 Å². The van der Waals surface area contributed by atoms with Gasteiger partial charge in [-0.25, -0.2) is 4.39 Å². The number of aromatic hydroxyl groups is 1. The fourth-order valence-corrected chi connectivity index (χ4v) is 3.45. The van der Waals surface area contributed by atoms with Crippen molar-refractivity contribution in [2.45, 2.75) is 25.5 Å². The van der Waals surface area contributed by atoms with E-state index in [9.17, 15) is 14.6 Å². The van der Waals surface area contributed by atoms with Gasteiger partial charge in [-0.15, -0.1) is 0 Å². The highest BCUT2D eigenvalue weighted by molar-refractivity contribution is 5.41. The van der Waals surface area contributed by atoms with Crippen molar-refractivity contribution in [1.29, 1.82) is 0 Å². The molecule has 1 atom stereocenters. The van der Waals surface area contributed by atoms with Gasteiger partial charge in [-0.3, -0.25) is 4.90 Å². The molecule has 1 aliphatic heterocycles. The summed E-state index contributed by atoms with van der Waals surface area (Å²) in [4.78, 5) is 2.31. The lowest BCUT2D eigenvalue weighted by Crippen LogP contribution is -2.35. The van der Waals surface area contributed by atoms with Gasteiger partial charge in [0.15, 0.2) is 11.5 Å². The number of phenolic OH excluding ortho intramolecular Hbond substituents is 1. The van der Waals surface area contributed by atoms with Crippen LogP contribution >= 0.6 is 0 Å². The van der Waals surface area contributed by atoms with Crippen LogP contribution < -0.4 is 4.74 Å². The van der Waals surface area contributed by atoms with Crippen LogP contribution in [0.15, 0.2) is 42.5 Å². The van der Waals surface area contributed by atoms with Crippen molar-refractivity contribution in [3.05, 3.63) is 59.4 Å². The number of hydrogen-bond donors (Lipinski definition) is 2. The Morgan fingerprint density at radius 1 is 1.16 bits per heavy atom. The summed E-state index contributed by atoms with van der Waals surface area (Å²) in [5.74, 6) is 0.533. The average Bonchev–Trinajstić information content (AvgIpc) is 2.63. The molecule has 5 heteroatoms. The van der Waals surface area contributed by atoms with Gasteiger partial charge in [-0.2, -0.15) is 0 Å². The van der Waals surface area contributed by atoms with Crippen LogP contribution in [0.1, 0.15) is 30.1 Å². The quantitative estimate of drug-likeness (QED) is 0.871. The number of piperidine rings is 1. The molecule has 1 unspecified atom stereocenters. The maximum atomic E-state index is 13.0. The molecule has 2 N–H and O–H groups in total. The van der Waals surface area contributed by atoms with Crippen molar-refractivity contribution in [3.8, 4) is 11.5 Å². The first-order valence-corrected chi connectivity index (χ1v) is 8.58. The lowest BCUT2D eigenvalue weighted by Gasteiger charge is -2.34. The van der Waals surface area contributed by atoms with Crippen molar-refractivity contribution in [1.82, 2.24) is 4.90 Å². The zero-order valence-electron chi connectivity index (χ0n) is 14.4. The minimum Gasteiger partial charge on any atom is -0.504 e. The molecule has 4 nitrogen and oxygen atoms in total. The van der Waals surface area contributed by atoms with E-state index in [2.05, 4.69) is 4.90 Å². The molecule has 0 amide bonds. The van der Waals surface area contributed by atoms with Gasteiger partial charge in [0.25, 0.3) is 0 Å². The molecule has 0 aromatic heterocycles. The average molecular weight is 345 g/mol. The van der Waals surface area contributed by atoms with E-state index in [0.29, 0.717) is 5.75 Å². The Bertz CT molecular complexity index is 697. The first-order chi connectivity index (χ1) is 12.1. The number of benzene rings is 2. The molecule has 0 bridgehead atoms. The fourth-order valence-electron chi connectivity index (χ4n) is 3.45. The summed E-state index contributed by atoms with van der Waals surface area (Å²) < 4.78 is 18.1. The Morgan fingerprint density at radius 3 is 2.44 bits per heavy atom. The SMILES string of the molecule is COc1ccc(CN2CCC(C(O)c3ccc(F)cc3)CC2)cc1O. The Kier molecular flexibility index (Phi) is 5.56. The van der Waals surface area contributed by atoms with Gasteiger partial charge >= 0.3 is 0 Å². The smallest absolute Gasteiger partial charge is 0.160 e. The summed E-state index contributed by atoms with van der Waals surface area (Å²) >= 11 is 0. The summed E-state index contributed by atoms with van der Waals surface area (Å²) in [5, 5.41) is 20.4. The summed E-state index contributed by atoms with van der Waals surface area (Å²) in [6, 6.07) is 11.6. The highest BCUT2D eigenvalue weighted by Crippen LogP contribution is 2.32. The first-order valence-electron chi connectivity index (χ1n) is 8.58. The Hall–Kier alpha value is -2.11. The molecule has 1 aliphatic rings. The number of nitrogens with zero attached hydrogens (tertiary/aromatic N) is 1. The number of halogens is 1. The monoisotopic (exact) mass is 345 g/mol. The number of aliphatic hydroxyl groups excluding tert-OH is 1. The van der Waals surface area contributed by atoms with Crippen molar-refractivity contribution in [2.24, 2.45) is 5.92 Å². The number of hydrogen-bond acceptors (Lipinski definition) is 4. The molecule has 134 valence electrons. The van der Waals surface area contributed by atoms with Gasteiger partial charge in [0, 0.05) is 6.54 Å². The maximum absolute atomic E-state index is 13.0. The number of phenols is 1. The Morgan fingerprint density at radius 2 is 1.84 bits per heavy atom. The van der Waals surface area contributed by atoms with Gasteiger partial charge < -0.3 is 14.9 Å². The van der Waals surface area contributed by atoms with E-state index in [0.717, 1.165) is 43.6 Å². The molecule has 0 radical (unpaired) electrons. The minimum atomic E-state index is -0.548. The number of methoxy groups -OCH3 is 1. The topological polar surface area (TPSA) is 52.9 Å². The molecule has 0 spiro atoms. The summed E-state index contributed by atoms with van der Waals surface area (Å²) in [6.07, 6.45) is 1.23. The van der Waals surface area contributed by atoms with Crippen LogP contribution in [0, 0.1) is 11.7 Å². The lowest BCUT2D eigenvalue weighted by atomic mass is 9.87. The zero-order valence-corrected chi connectivity index (χ0v) is 14.4. The molecule has 2 aromatic rings. The summed E-state index contributed by atoms with van der Waals surface area (Å²) in [5.41, 5.74) is 1.82. The normalized spacial score (nSPS) is 17.4. The predicted octanol–water partition coefficient (Wildman–Crippen LogP) is 3.49. The van der Waals surface area contributed by atoms with E-state index >= 15 is 0 Å². The summed E-state index contributed by atoms with van der Waals surface area (Å²) in [6.45, 7) is 2.53. The largest absolute Gasteiger partial charge is 0.504 e.